The third-order valence-corrected chi connectivity index (χ3v) is 13.0. The Hall–Kier alpha value is -4.71. The van der Waals surface area contributed by atoms with Crippen LogP contribution < -0.4 is 0 Å². The first-order valence-electron chi connectivity index (χ1n) is 31.8. The number of unbranched alkanes of at least 4 members (excludes halogenated alkanes) is 21. The zero-order chi connectivity index (χ0) is 56.4. The first-order chi connectivity index (χ1) is 38.5. The van der Waals surface area contributed by atoms with Crippen molar-refractivity contribution in [3.8, 4) is 0 Å². The highest BCUT2D eigenvalue weighted by molar-refractivity contribution is 5.71. The fourth-order valence-electron chi connectivity index (χ4n) is 8.36. The molecule has 0 radical (unpaired) electrons. The predicted octanol–water partition coefficient (Wildman–Crippen LogP) is 21.9. The molecule has 0 aromatic heterocycles. The van der Waals surface area contributed by atoms with Crippen molar-refractivity contribution in [2.75, 3.05) is 13.2 Å². The lowest BCUT2D eigenvalue weighted by Crippen LogP contribution is -2.30. The molecular weight excluding hydrogens is 961 g/mol. The van der Waals surface area contributed by atoms with E-state index in [2.05, 4.69) is 167 Å². The number of allylic oxidation sites excluding steroid dienone is 24. The van der Waals surface area contributed by atoms with Crippen LogP contribution in [0, 0.1) is 0 Å². The van der Waals surface area contributed by atoms with Gasteiger partial charge in [0.05, 0.1) is 0 Å². The molecule has 0 N–H and O–H groups in total. The normalized spacial score (nSPS) is 13.1. The first kappa shape index (κ1) is 73.3. The molecule has 6 heteroatoms. The van der Waals surface area contributed by atoms with Crippen molar-refractivity contribution in [3.63, 3.8) is 0 Å². The van der Waals surface area contributed by atoms with E-state index in [9.17, 15) is 14.4 Å². The van der Waals surface area contributed by atoms with Crippen LogP contribution in [0.15, 0.2) is 146 Å². The molecule has 0 heterocycles. The standard InChI is InChI=1S/C72H116O6/c1-4-7-10-13-16-19-22-24-26-28-30-32-33-34-35-36-37-38-39-41-42-44-46-48-50-53-56-59-62-65-71(74)77-68-69(67-76-70(73)64-61-58-55-52-21-18-15-12-9-6-3)78-72(75)66-63-60-57-54-51-49-47-45-43-40-31-29-27-25-23-20-17-14-11-8-5-2/h7-8,10-12,15-17,19-20,24-27,30-32,34-35,37-38,40-42,69H,4-6,9,13-14,18,21-23,28-29,33,36,39,43-68H2,1-3H3/b10-7-,11-8-,15-12-,19-16-,20-17-,26-24-,27-25-,32-30-,35-34-,38-37-,40-31-,42-41-. The van der Waals surface area contributed by atoms with Crippen molar-refractivity contribution >= 4 is 17.9 Å². The van der Waals surface area contributed by atoms with Crippen molar-refractivity contribution in [2.24, 2.45) is 0 Å². The van der Waals surface area contributed by atoms with Crippen molar-refractivity contribution in [1.29, 1.82) is 0 Å². The lowest BCUT2D eigenvalue weighted by Gasteiger charge is -2.18. The molecule has 0 amide bonds. The Balaban J connectivity index is 4.31. The van der Waals surface area contributed by atoms with Crippen LogP contribution in [0.4, 0.5) is 0 Å². The minimum atomic E-state index is -0.797. The van der Waals surface area contributed by atoms with Crippen molar-refractivity contribution in [3.05, 3.63) is 146 Å². The summed E-state index contributed by atoms with van der Waals surface area (Å²) in [6.45, 7) is 6.33. The maximum absolute atomic E-state index is 12.9. The molecule has 0 aromatic rings. The quantitative estimate of drug-likeness (QED) is 0.0261. The third-order valence-electron chi connectivity index (χ3n) is 13.0. The average molecular weight is 1080 g/mol. The smallest absolute Gasteiger partial charge is 0.306 e. The second-order valence-corrected chi connectivity index (χ2v) is 20.5. The number of esters is 3. The van der Waals surface area contributed by atoms with Crippen molar-refractivity contribution in [1.82, 2.24) is 0 Å². The van der Waals surface area contributed by atoms with Gasteiger partial charge in [-0.15, -0.1) is 0 Å². The van der Waals surface area contributed by atoms with Gasteiger partial charge in [0.25, 0.3) is 0 Å². The van der Waals surface area contributed by atoms with Gasteiger partial charge in [-0.1, -0.05) is 263 Å². The molecule has 78 heavy (non-hydrogen) atoms. The SMILES string of the molecule is CC/C=C\C/C=C\C/C=C\C/C=C\C/C=C\C/C=C\C/C=C\CCCCCCCCCC(=O)OCC(COC(=O)CCCCCCC/C=C\CCC)OC(=O)CCCCCCCCCC/C=C\C/C=C\C/C=C\C/C=C\CC. The van der Waals surface area contributed by atoms with E-state index < -0.39 is 6.10 Å². The Labute approximate surface area is 480 Å². The summed E-state index contributed by atoms with van der Waals surface area (Å²) in [4.78, 5) is 38.2. The van der Waals surface area contributed by atoms with Crippen LogP contribution in [0.5, 0.6) is 0 Å². The zero-order valence-electron chi connectivity index (χ0n) is 50.4. The monoisotopic (exact) mass is 1080 g/mol. The van der Waals surface area contributed by atoms with Crippen LogP contribution in [-0.4, -0.2) is 37.2 Å². The van der Waals surface area contributed by atoms with Gasteiger partial charge < -0.3 is 14.2 Å². The number of rotatable bonds is 56. The van der Waals surface area contributed by atoms with E-state index in [1.54, 1.807) is 0 Å². The van der Waals surface area contributed by atoms with Gasteiger partial charge in [-0.25, -0.2) is 0 Å². The molecule has 0 saturated heterocycles. The number of carbonyl (C=O) groups is 3. The molecule has 0 bridgehead atoms. The number of carbonyl (C=O) groups excluding carboxylic acids is 3. The van der Waals surface area contributed by atoms with Gasteiger partial charge in [0.15, 0.2) is 6.10 Å². The lowest BCUT2D eigenvalue weighted by atomic mass is 10.1. The summed E-state index contributed by atoms with van der Waals surface area (Å²) in [5.41, 5.74) is 0. The van der Waals surface area contributed by atoms with Crippen LogP contribution in [0.1, 0.15) is 271 Å². The van der Waals surface area contributed by atoms with Crippen molar-refractivity contribution in [2.45, 2.75) is 277 Å². The molecule has 0 aliphatic heterocycles. The Morgan fingerprint density at radius 1 is 0.269 bits per heavy atom. The fourth-order valence-corrected chi connectivity index (χ4v) is 8.36. The Bertz CT molecular complexity index is 1710. The summed E-state index contributed by atoms with van der Waals surface area (Å²) < 4.78 is 16.9. The molecule has 0 aliphatic carbocycles. The maximum Gasteiger partial charge on any atom is 0.306 e. The number of hydrogen-bond acceptors (Lipinski definition) is 6. The van der Waals surface area contributed by atoms with Crippen LogP contribution in [0.3, 0.4) is 0 Å². The molecule has 0 fully saturated rings. The van der Waals surface area contributed by atoms with E-state index in [-0.39, 0.29) is 31.1 Å². The highest BCUT2D eigenvalue weighted by Gasteiger charge is 2.19. The molecule has 0 aromatic carbocycles. The molecule has 0 rings (SSSR count). The van der Waals surface area contributed by atoms with Gasteiger partial charge in [-0.05, 0) is 135 Å². The van der Waals surface area contributed by atoms with E-state index in [1.807, 2.05) is 0 Å². The van der Waals surface area contributed by atoms with E-state index in [1.165, 1.54) is 70.6 Å². The van der Waals surface area contributed by atoms with Gasteiger partial charge >= 0.3 is 17.9 Å². The average Bonchev–Trinajstić information content (AvgIpc) is 3.44. The number of ether oxygens (including phenoxy) is 3. The van der Waals surface area contributed by atoms with E-state index in [0.717, 1.165) is 161 Å². The van der Waals surface area contributed by atoms with Gasteiger partial charge in [0, 0.05) is 19.3 Å². The first-order valence-corrected chi connectivity index (χ1v) is 31.8. The fraction of sp³-hybridized carbons (Fsp3) is 0.625. The summed E-state index contributed by atoms with van der Waals surface area (Å²) in [6, 6.07) is 0. The second kappa shape index (κ2) is 64.8. The highest BCUT2D eigenvalue weighted by Crippen LogP contribution is 2.15. The highest BCUT2D eigenvalue weighted by atomic mass is 16.6. The lowest BCUT2D eigenvalue weighted by molar-refractivity contribution is -0.167. The summed E-state index contributed by atoms with van der Waals surface area (Å²) in [5, 5.41) is 0. The molecule has 1 unspecified atom stereocenters. The van der Waals surface area contributed by atoms with Gasteiger partial charge in [-0.3, -0.25) is 14.4 Å². The molecule has 0 spiro atoms. The number of hydrogen-bond donors (Lipinski definition) is 0. The van der Waals surface area contributed by atoms with Crippen LogP contribution in [0.2, 0.25) is 0 Å². The van der Waals surface area contributed by atoms with E-state index >= 15 is 0 Å². The zero-order valence-corrected chi connectivity index (χ0v) is 50.4. The van der Waals surface area contributed by atoms with Crippen LogP contribution in [0.25, 0.3) is 0 Å². The van der Waals surface area contributed by atoms with E-state index in [4.69, 9.17) is 14.2 Å². The Kier molecular flexibility index (Phi) is 60.9. The Morgan fingerprint density at radius 3 is 0.795 bits per heavy atom. The van der Waals surface area contributed by atoms with Crippen LogP contribution >= 0.6 is 0 Å². The molecule has 1 atom stereocenters. The van der Waals surface area contributed by atoms with Gasteiger partial charge in [-0.2, -0.15) is 0 Å². The van der Waals surface area contributed by atoms with Crippen LogP contribution in [-0.2, 0) is 28.6 Å². The van der Waals surface area contributed by atoms with Gasteiger partial charge in [0.1, 0.15) is 13.2 Å². The summed E-state index contributed by atoms with van der Waals surface area (Å²) in [7, 11) is 0. The second-order valence-electron chi connectivity index (χ2n) is 20.5. The maximum atomic E-state index is 12.9. The molecule has 0 aliphatic rings. The minimum absolute atomic E-state index is 0.0938. The summed E-state index contributed by atoms with van der Waals surface area (Å²) >= 11 is 0. The Morgan fingerprint density at radius 2 is 0.500 bits per heavy atom. The molecule has 440 valence electrons. The topological polar surface area (TPSA) is 78.9 Å². The minimum Gasteiger partial charge on any atom is -0.462 e. The molecular formula is C72H116O6. The summed E-state index contributed by atoms with van der Waals surface area (Å²) in [5.74, 6) is -0.925. The summed E-state index contributed by atoms with van der Waals surface area (Å²) in [6.07, 6.45) is 92.8. The van der Waals surface area contributed by atoms with Crippen molar-refractivity contribution < 1.29 is 28.6 Å². The predicted molar refractivity (Wildman–Crippen MR) is 339 cm³/mol. The molecule has 0 saturated carbocycles. The van der Waals surface area contributed by atoms with E-state index in [0.29, 0.717) is 19.3 Å². The van der Waals surface area contributed by atoms with Gasteiger partial charge in [0.2, 0.25) is 0 Å². The molecule has 6 nitrogen and oxygen atoms in total. The largest absolute Gasteiger partial charge is 0.462 e. The third kappa shape index (κ3) is 62.1.